The van der Waals surface area contributed by atoms with Crippen LogP contribution in [0, 0.1) is 0 Å². The summed E-state index contributed by atoms with van der Waals surface area (Å²) in [6.07, 6.45) is 1.68. The molecule has 0 fully saturated rings. The highest BCUT2D eigenvalue weighted by molar-refractivity contribution is 5.68. The van der Waals surface area contributed by atoms with Crippen molar-refractivity contribution in [2.45, 2.75) is 58.3 Å². The first-order valence-electron chi connectivity index (χ1n) is 5.58. The lowest BCUT2D eigenvalue weighted by Crippen LogP contribution is -2.45. The molecule has 2 N–H and O–H groups in total. The molecule has 0 unspecified atom stereocenters. The van der Waals surface area contributed by atoms with Crippen molar-refractivity contribution in [3.05, 3.63) is 12.7 Å². The Morgan fingerprint density at radius 1 is 1.56 bits per heavy atom. The van der Waals surface area contributed by atoms with E-state index in [9.17, 15) is 9.90 Å². The molecule has 0 rings (SSSR count). The van der Waals surface area contributed by atoms with Crippen molar-refractivity contribution in [3.8, 4) is 0 Å². The Morgan fingerprint density at radius 2 is 2.12 bits per heavy atom. The van der Waals surface area contributed by atoms with E-state index in [1.807, 2.05) is 6.92 Å². The van der Waals surface area contributed by atoms with Crippen LogP contribution in [0.2, 0.25) is 0 Å². The Labute approximate surface area is 97.7 Å². The normalized spacial score (nSPS) is 15.1. The molecule has 94 valence electrons. The third kappa shape index (κ3) is 6.45. The molecule has 1 amide bonds. The number of alkyl carbamates (subject to hydrolysis) is 1. The van der Waals surface area contributed by atoms with Crippen LogP contribution >= 0.6 is 0 Å². The van der Waals surface area contributed by atoms with E-state index in [1.54, 1.807) is 26.8 Å². The number of aliphatic hydroxyl groups is 1. The third-order valence-electron chi connectivity index (χ3n) is 2.01. The molecule has 0 aromatic heterocycles. The molecule has 0 saturated carbocycles. The van der Waals surface area contributed by atoms with Crippen molar-refractivity contribution in [1.82, 2.24) is 5.32 Å². The fraction of sp³-hybridized carbons (Fsp3) is 0.750. The molecule has 0 aliphatic heterocycles. The molecular formula is C12H23NO3. The molecule has 2 atom stereocenters. The van der Waals surface area contributed by atoms with Gasteiger partial charge < -0.3 is 15.2 Å². The number of hydrogen-bond acceptors (Lipinski definition) is 3. The van der Waals surface area contributed by atoms with Gasteiger partial charge in [0.05, 0.1) is 12.1 Å². The van der Waals surface area contributed by atoms with E-state index in [4.69, 9.17) is 4.74 Å². The van der Waals surface area contributed by atoms with Gasteiger partial charge in [0.1, 0.15) is 5.60 Å². The zero-order valence-electron chi connectivity index (χ0n) is 10.6. The summed E-state index contributed by atoms with van der Waals surface area (Å²) < 4.78 is 5.11. The number of carbonyl (C=O) groups excluding carboxylic acids is 1. The van der Waals surface area contributed by atoms with E-state index in [-0.39, 0.29) is 6.04 Å². The standard InChI is InChI=1S/C12H23NO3/c1-6-8-9(10(14)7-2)13-11(15)16-12(3,4)5/h6,9-10,14H,1,7-8H2,2-5H3,(H,13,15)/t9-,10-/m0/s1. The molecule has 0 aliphatic rings. The first-order chi connectivity index (χ1) is 7.30. The highest BCUT2D eigenvalue weighted by Gasteiger charge is 2.22. The summed E-state index contributed by atoms with van der Waals surface area (Å²) >= 11 is 0. The van der Waals surface area contributed by atoms with E-state index in [0.29, 0.717) is 12.8 Å². The quantitative estimate of drug-likeness (QED) is 0.711. The van der Waals surface area contributed by atoms with Crippen LogP contribution in [0.4, 0.5) is 4.79 Å². The van der Waals surface area contributed by atoms with Crippen LogP contribution < -0.4 is 5.32 Å². The molecular weight excluding hydrogens is 206 g/mol. The second-order valence-corrected chi connectivity index (χ2v) is 4.75. The van der Waals surface area contributed by atoms with Crippen molar-refractivity contribution in [3.63, 3.8) is 0 Å². The monoisotopic (exact) mass is 229 g/mol. The van der Waals surface area contributed by atoms with E-state index in [0.717, 1.165) is 0 Å². The molecule has 0 spiro atoms. The Bertz CT molecular complexity index is 233. The van der Waals surface area contributed by atoms with Gasteiger partial charge in [-0.05, 0) is 33.6 Å². The third-order valence-corrected chi connectivity index (χ3v) is 2.01. The van der Waals surface area contributed by atoms with Crippen molar-refractivity contribution in [2.24, 2.45) is 0 Å². The van der Waals surface area contributed by atoms with E-state index in [2.05, 4.69) is 11.9 Å². The van der Waals surface area contributed by atoms with Gasteiger partial charge in [-0.15, -0.1) is 6.58 Å². The Morgan fingerprint density at radius 3 is 2.50 bits per heavy atom. The Kier molecular flexibility index (Phi) is 6.11. The smallest absolute Gasteiger partial charge is 0.407 e. The van der Waals surface area contributed by atoms with Crippen molar-refractivity contribution in [1.29, 1.82) is 0 Å². The van der Waals surface area contributed by atoms with E-state index < -0.39 is 17.8 Å². The fourth-order valence-electron chi connectivity index (χ4n) is 1.24. The summed E-state index contributed by atoms with van der Waals surface area (Å²) in [5, 5.41) is 12.3. The lowest BCUT2D eigenvalue weighted by molar-refractivity contribution is 0.0421. The van der Waals surface area contributed by atoms with E-state index in [1.165, 1.54) is 0 Å². The summed E-state index contributed by atoms with van der Waals surface area (Å²) in [7, 11) is 0. The number of hydrogen-bond donors (Lipinski definition) is 2. The average Bonchev–Trinajstić information content (AvgIpc) is 2.13. The first-order valence-corrected chi connectivity index (χ1v) is 5.58. The van der Waals surface area contributed by atoms with Crippen LogP contribution in [0.1, 0.15) is 40.5 Å². The maximum Gasteiger partial charge on any atom is 0.407 e. The van der Waals surface area contributed by atoms with Gasteiger partial charge in [-0.3, -0.25) is 0 Å². The predicted molar refractivity (Wildman–Crippen MR) is 64.3 cm³/mol. The minimum atomic E-state index is -0.578. The Hall–Kier alpha value is -1.03. The minimum Gasteiger partial charge on any atom is -0.444 e. The van der Waals surface area contributed by atoms with Crippen molar-refractivity contribution < 1.29 is 14.6 Å². The maximum atomic E-state index is 11.5. The number of rotatable bonds is 5. The fourth-order valence-corrected chi connectivity index (χ4v) is 1.24. The second kappa shape index (κ2) is 6.53. The van der Waals surface area contributed by atoms with Gasteiger partial charge in [0, 0.05) is 0 Å². The van der Waals surface area contributed by atoms with Gasteiger partial charge in [-0.1, -0.05) is 13.0 Å². The zero-order valence-corrected chi connectivity index (χ0v) is 10.6. The minimum absolute atomic E-state index is 0.336. The van der Waals surface area contributed by atoms with Crippen molar-refractivity contribution in [2.75, 3.05) is 0 Å². The number of ether oxygens (including phenoxy) is 1. The molecule has 16 heavy (non-hydrogen) atoms. The lowest BCUT2D eigenvalue weighted by Gasteiger charge is -2.25. The predicted octanol–water partition coefficient (Wildman–Crippen LogP) is 2.23. The number of nitrogens with one attached hydrogen (secondary N) is 1. The number of carbonyl (C=O) groups is 1. The van der Waals surface area contributed by atoms with Gasteiger partial charge in [-0.25, -0.2) is 4.79 Å². The lowest BCUT2D eigenvalue weighted by atomic mass is 10.1. The summed E-state index contributed by atoms with van der Waals surface area (Å²) in [5.41, 5.74) is -0.528. The van der Waals surface area contributed by atoms with Crippen LogP contribution in [0.25, 0.3) is 0 Å². The first kappa shape index (κ1) is 15.0. The van der Waals surface area contributed by atoms with Crippen LogP contribution in [0.5, 0.6) is 0 Å². The van der Waals surface area contributed by atoms with Gasteiger partial charge in [0.25, 0.3) is 0 Å². The highest BCUT2D eigenvalue weighted by Crippen LogP contribution is 2.09. The van der Waals surface area contributed by atoms with Crippen LogP contribution in [-0.4, -0.2) is 28.9 Å². The molecule has 0 aromatic rings. The van der Waals surface area contributed by atoms with Gasteiger partial charge in [0.15, 0.2) is 0 Å². The molecule has 4 nitrogen and oxygen atoms in total. The summed E-state index contributed by atoms with van der Waals surface area (Å²) in [6.45, 7) is 10.8. The maximum absolute atomic E-state index is 11.5. The molecule has 4 heteroatoms. The molecule has 0 aromatic carbocycles. The molecule has 0 radical (unpaired) electrons. The summed E-state index contributed by atoms with van der Waals surface area (Å²) in [4.78, 5) is 11.5. The van der Waals surface area contributed by atoms with Gasteiger partial charge >= 0.3 is 6.09 Å². The highest BCUT2D eigenvalue weighted by atomic mass is 16.6. The summed E-state index contributed by atoms with van der Waals surface area (Å²) in [6, 6.07) is -0.336. The van der Waals surface area contributed by atoms with Crippen molar-refractivity contribution >= 4 is 6.09 Å². The second-order valence-electron chi connectivity index (χ2n) is 4.75. The van der Waals surface area contributed by atoms with Crippen LogP contribution in [0.3, 0.4) is 0 Å². The van der Waals surface area contributed by atoms with E-state index >= 15 is 0 Å². The number of aliphatic hydroxyl groups excluding tert-OH is 1. The molecule has 0 aliphatic carbocycles. The topological polar surface area (TPSA) is 58.6 Å². The molecule has 0 saturated heterocycles. The SMILES string of the molecule is C=CC[C@H](NC(=O)OC(C)(C)C)[C@@H](O)CC. The largest absolute Gasteiger partial charge is 0.444 e. The van der Waals surface area contributed by atoms with Gasteiger partial charge in [0.2, 0.25) is 0 Å². The molecule has 0 bridgehead atoms. The zero-order chi connectivity index (χ0) is 12.8. The molecule has 0 heterocycles. The van der Waals surface area contributed by atoms with Crippen LogP contribution in [0.15, 0.2) is 12.7 Å². The van der Waals surface area contributed by atoms with Gasteiger partial charge in [-0.2, -0.15) is 0 Å². The number of amides is 1. The Balaban J connectivity index is 4.28. The summed E-state index contributed by atoms with van der Waals surface area (Å²) in [5.74, 6) is 0. The van der Waals surface area contributed by atoms with Crippen LogP contribution in [-0.2, 0) is 4.74 Å². The average molecular weight is 229 g/mol.